The molecule has 0 heterocycles. The lowest BCUT2D eigenvalue weighted by Gasteiger charge is -2.15. The van der Waals surface area contributed by atoms with Crippen LogP contribution in [0.5, 0.6) is 0 Å². The van der Waals surface area contributed by atoms with Gasteiger partial charge in [0.1, 0.15) is 0 Å². The van der Waals surface area contributed by atoms with Crippen molar-refractivity contribution >= 4 is 23.5 Å². The standard InChI is InChI=1S/C9H16O4.O2S/c1-3-4-5-7(9(12)13)6(2)8(10)11;1-3-2/h6-7H,3-5H2,1-2H3,(H,10,11)(H,12,13);. The van der Waals surface area contributed by atoms with E-state index in [-0.39, 0.29) is 0 Å². The number of carbonyl (C=O) groups is 2. The maximum Gasteiger partial charge on any atom is 0.335 e. The van der Waals surface area contributed by atoms with Crippen molar-refractivity contribution in [1.29, 1.82) is 0 Å². The molecule has 0 saturated heterocycles. The van der Waals surface area contributed by atoms with E-state index in [1.807, 2.05) is 6.92 Å². The summed E-state index contributed by atoms with van der Waals surface area (Å²) in [6.45, 7) is 3.39. The van der Waals surface area contributed by atoms with Crippen molar-refractivity contribution in [3.05, 3.63) is 0 Å². The van der Waals surface area contributed by atoms with Crippen LogP contribution in [0.25, 0.3) is 0 Å². The van der Waals surface area contributed by atoms with Gasteiger partial charge in [-0.05, 0) is 6.42 Å². The van der Waals surface area contributed by atoms with Crippen LogP contribution >= 0.6 is 0 Å². The largest absolute Gasteiger partial charge is 0.481 e. The lowest BCUT2D eigenvalue weighted by Crippen LogP contribution is -2.27. The number of rotatable bonds is 6. The van der Waals surface area contributed by atoms with Gasteiger partial charge < -0.3 is 10.2 Å². The molecular formula is C9H16O6S. The van der Waals surface area contributed by atoms with E-state index in [9.17, 15) is 9.59 Å². The van der Waals surface area contributed by atoms with Crippen LogP contribution in [0.15, 0.2) is 0 Å². The summed E-state index contributed by atoms with van der Waals surface area (Å²) < 4.78 is 16.6. The Balaban J connectivity index is 0. The molecule has 2 atom stereocenters. The van der Waals surface area contributed by atoms with Gasteiger partial charge in [0.05, 0.1) is 11.8 Å². The summed E-state index contributed by atoms with van der Waals surface area (Å²) in [7, 11) is 0. The quantitative estimate of drug-likeness (QED) is 0.727. The zero-order chi connectivity index (χ0) is 13.1. The monoisotopic (exact) mass is 252 g/mol. The van der Waals surface area contributed by atoms with Crippen molar-refractivity contribution in [2.45, 2.75) is 33.1 Å². The minimum absolute atomic E-state index is 0.444. The first-order chi connectivity index (χ1) is 7.42. The van der Waals surface area contributed by atoms with Gasteiger partial charge in [-0.25, -0.2) is 0 Å². The molecule has 16 heavy (non-hydrogen) atoms. The van der Waals surface area contributed by atoms with E-state index in [1.54, 1.807) is 0 Å². The highest BCUT2D eigenvalue weighted by atomic mass is 32.1. The average Bonchev–Trinajstić information content (AvgIpc) is 2.18. The van der Waals surface area contributed by atoms with Crippen LogP contribution < -0.4 is 0 Å². The zero-order valence-corrected chi connectivity index (χ0v) is 10.0. The van der Waals surface area contributed by atoms with Gasteiger partial charge in [0.15, 0.2) is 0 Å². The van der Waals surface area contributed by atoms with Gasteiger partial charge in [0, 0.05) is 0 Å². The molecule has 94 valence electrons. The summed E-state index contributed by atoms with van der Waals surface area (Å²) in [6.07, 6.45) is 2.09. The highest BCUT2D eigenvalue weighted by Gasteiger charge is 2.28. The Kier molecular flexibility index (Phi) is 11.0. The van der Waals surface area contributed by atoms with Crippen molar-refractivity contribution in [2.24, 2.45) is 11.8 Å². The van der Waals surface area contributed by atoms with E-state index < -0.39 is 35.3 Å². The molecule has 0 aromatic carbocycles. The Morgan fingerprint density at radius 3 is 1.88 bits per heavy atom. The predicted octanol–water partition coefficient (Wildman–Crippen LogP) is 0.928. The first-order valence-corrected chi connectivity index (χ1v) is 5.46. The first kappa shape index (κ1) is 17.2. The number of unbranched alkanes of at least 4 members (excludes halogenated alkanes) is 1. The molecule has 6 nitrogen and oxygen atoms in total. The topological polar surface area (TPSA) is 109 Å². The molecule has 0 radical (unpaired) electrons. The fourth-order valence-corrected chi connectivity index (χ4v) is 1.18. The highest BCUT2D eigenvalue weighted by Crippen LogP contribution is 2.19. The van der Waals surface area contributed by atoms with Crippen LogP contribution in [0.4, 0.5) is 0 Å². The van der Waals surface area contributed by atoms with Crippen molar-refractivity contribution in [1.82, 2.24) is 0 Å². The highest BCUT2D eigenvalue weighted by molar-refractivity contribution is 7.51. The number of hydrogen-bond donors (Lipinski definition) is 2. The second-order valence-corrected chi connectivity index (χ2v) is 3.42. The summed E-state index contributed by atoms with van der Waals surface area (Å²) in [5, 5.41) is 17.4. The summed E-state index contributed by atoms with van der Waals surface area (Å²) in [6, 6.07) is 0. The molecule has 0 aliphatic heterocycles. The number of carboxylic acids is 2. The molecule has 2 N–H and O–H groups in total. The number of hydrogen-bond acceptors (Lipinski definition) is 4. The normalized spacial score (nSPS) is 12.9. The third-order valence-corrected chi connectivity index (χ3v) is 2.18. The van der Waals surface area contributed by atoms with Gasteiger partial charge in [0.2, 0.25) is 0 Å². The molecule has 0 aliphatic carbocycles. The second-order valence-electron chi connectivity index (χ2n) is 3.28. The van der Waals surface area contributed by atoms with Gasteiger partial charge in [-0.2, -0.15) is 8.42 Å². The molecule has 0 amide bonds. The Labute approximate surface area is 97.3 Å². The first-order valence-electron chi connectivity index (χ1n) is 4.79. The van der Waals surface area contributed by atoms with Crippen LogP contribution in [-0.2, 0) is 21.2 Å². The molecule has 0 aromatic rings. The molecule has 0 bridgehead atoms. The minimum Gasteiger partial charge on any atom is -0.481 e. The summed E-state index contributed by atoms with van der Waals surface area (Å²) in [5.74, 6) is -3.60. The average molecular weight is 252 g/mol. The Morgan fingerprint density at radius 2 is 1.62 bits per heavy atom. The van der Waals surface area contributed by atoms with Gasteiger partial charge in [-0.3, -0.25) is 9.59 Å². The molecule has 0 aromatic heterocycles. The fraction of sp³-hybridized carbons (Fsp3) is 0.778. The van der Waals surface area contributed by atoms with Gasteiger partial charge in [-0.15, -0.1) is 0 Å². The van der Waals surface area contributed by atoms with E-state index in [1.165, 1.54) is 6.92 Å². The molecule has 0 fully saturated rings. The van der Waals surface area contributed by atoms with Crippen molar-refractivity contribution < 1.29 is 28.2 Å². The summed E-state index contributed by atoms with van der Waals surface area (Å²) in [5.41, 5.74) is 0. The van der Waals surface area contributed by atoms with Gasteiger partial charge in [-0.1, -0.05) is 26.7 Å². The third kappa shape index (κ3) is 8.10. The van der Waals surface area contributed by atoms with Crippen LogP contribution in [0.2, 0.25) is 0 Å². The maximum absolute atomic E-state index is 10.7. The lowest BCUT2D eigenvalue weighted by atomic mass is 9.89. The molecule has 0 spiro atoms. The predicted molar refractivity (Wildman–Crippen MR) is 56.4 cm³/mol. The fourth-order valence-electron chi connectivity index (χ4n) is 1.18. The molecule has 0 saturated carbocycles. The summed E-state index contributed by atoms with van der Waals surface area (Å²) >= 11 is -0.750. The molecular weight excluding hydrogens is 236 g/mol. The maximum atomic E-state index is 10.7. The summed E-state index contributed by atoms with van der Waals surface area (Å²) in [4.78, 5) is 21.2. The van der Waals surface area contributed by atoms with Crippen LogP contribution in [0.3, 0.4) is 0 Å². The third-order valence-electron chi connectivity index (χ3n) is 2.18. The van der Waals surface area contributed by atoms with E-state index >= 15 is 0 Å². The Hall–Kier alpha value is -1.24. The molecule has 0 aliphatic rings. The Bertz CT molecular complexity index is 259. The van der Waals surface area contributed by atoms with Gasteiger partial charge >= 0.3 is 23.5 Å². The number of aliphatic carboxylic acids is 2. The zero-order valence-electron chi connectivity index (χ0n) is 9.21. The van der Waals surface area contributed by atoms with E-state index in [0.29, 0.717) is 6.42 Å². The van der Waals surface area contributed by atoms with Gasteiger partial charge in [0.25, 0.3) is 0 Å². The molecule has 7 heteroatoms. The van der Waals surface area contributed by atoms with Crippen LogP contribution in [0, 0.1) is 11.8 Å². The number of carboxylic acid groups (broad SMARTS) is 2. The van der Waals surface area contributed by atoms with E-state index in [4.69, 9.17) is 18.6 Å². The minimum atomic E-state index is -1.04. The Morgan fingerprint density at radius 1 is 1.19 bits per heavy atom. The van der Waals surface area contributed by atoms with E-state index in [2.05, 4.69) is 0 Å². The smallest absolute Gasteiger partial charge is 0.335 e. The lowest BCUT2D eigenvalue weighted by molar-refractivity contribution is -0.153. The van der Waals surface area contributed by atoms with Crippen molar-refractivity contribution in [3.63, 3.8) is 0 Å². The van der Waals surface area contributed by atoms with Crippen molar-refractivity contribution in [2.75, 3.05) is 0 Å². The molecule has 2 unspecified atom stereocenters. The molecule has 0 rings (SSSR count). The van der Waals surface area contributed by atoms with E-state index in [0.717, 1.165) is 12.8 Å². The SMILES string of the molecule is CCCCC(C(=O)O)C(C)C(=O)O.O=S=O. The van der Waals surface area contributed by atoms with Crippen LogP contribution in [-0.4, -0.2) is 30.6 Å². The second kappa shape index (κ2) is 10.3. The van der Waals surface area contributed by atoms with Crippen molar-refractivity contribution in [3.8, 4) is 0 Å². The van der Waals surface area contributed by atoms with Crippen LogP contribution in [0.1, 0.15) is 33.1 Å².